The van der Waals surface area contributed by atoms with Crippen molar-refractivity contribution in [2.24, 2.45) is 0 Å². The van der Waals surface area contributed by atoms with E-state index in [1.54, 1.807) is 25.3 Å². The third kappa shape index (κ3) is 3.34. The van der Waals surface area contributed by atoms with E-state index in [1.807, 2.05) is 0 Å². The molecule has 0 aliphatic heterocycles. The van der Waals surface area contributed by atoms with Gasteiger partial charge in [0.25, 0.3) is 5.69 Å². The molecule has 0 aliphatic carbocycles. The van der Waals surface area contributed by atoms with Crippen LogP contribution in [0.4, 0.5) is 5.69 Å². The third-order valence-electron chi connectivity index (χ3n) is 2.70. The van der Waals surface area contributed by atoms with E-state index >= 15 is 0 Å². The number of rotatable bonds is 3. The number of fused-ring (bicyclic) bond motifs is 1. The van der Waals surface area contributed by atoms with Crippen LogP contribution in [0.15, 0.2) is 30.5 Å². The number of esters is 1. The Kier molecular flexibility index (Phi) is 4.46. The van der Waals surface area contributed by atoms with Crippen molar-refractivity contribution >= 4 is 22.6 Å². The molecule has 0 N–H and O–H groups in total. The topological polar surface area (TPSA) is 82.3 Å². The second-order valence-corrected chi connectivity index (χ2v) is 4.07. The van der Waals surface area contributed by atoms with Gasteiger partial charge in [0, 0.05) is 12.3 Å². The van der Waals surface area contributed by atoms with Crippen LogP contribution in [-0.4, -0.2) is 22.5 Å². The molecule has 21 heavy (non-hydrogen) atoms. The lowest BCUT2D eigenvalue weighted by atomic mass is 10.1. The first-order chi connectivity index (χ1) is 10.1. The van der Waals surface area contributed by atoms with Gasteiger partial charge in [0.1, 0.15) is 6.42 Å². The first-order valence-corrected chi connectivity index (χ1v) is 6.30. The Morgan fingerprint density at radius 3 is 2.95 bits per heavy atom. The van der Waals surface area contributed by atoms with Gasteiger partial charge in [-0.05, 0) is 25.1 Å². The molecule has 1 heterocycles. The van der Waals surface area contributed by atoms with Crippen molar-refractivity contribution in [2.75, 3.05) is 6.61 Å². The largest absolute Gasteiger partial charge is 0.465 e. The molecule has 0 unspecified atom stereocenters. The first-order valence-electron chi connectivity index (χ1n) is 6.30. The normalized spacial score (nSPS) is 9.76. The lowest BCUT2D eigenvalue weighted by molar-refractivity contribution is -0.383. The fourth-order valence-corrected chi connectivity index (χ4v) is 1.84. The van der Waals surface area contributed by atoms with Gasteiger partial charge in [0.15, 0.2) is 0 Å². The van der Waals surface area contributed by atoms with E-state index in [1.165, 1.54) is 12.1 Å². The van der Waals surface area contributed by atoms with Crippen LogP contribution in [0.3, 0.4) is 0 Å². The summed E-state index contributed by atoms with van der Waals surface area (Å²) in [6.07, 6.45) is 1.52. The molecule has 2 rings (SSSR count). The molecule has 0 saturated carbocycles. The Morgan fingerprint density at radius 1 is 1.43 bits per heavy atom. The molecule has 0 spiro atoms. The minimum Gasteiger partial charge on any atom is -0.465 e. The number of nitrogens with zero attached hydrogens (tertiary/aromatic N) is 2. The minimum atomic E-state index is -0.458. The van der Waals surface area contributed by atoms with Crippen LogP contribution in [0.5, 0.6) is 0 Å². The zero-order valence-electron chi connectivity index (χ0n) is 11.3. The van der Waals surface area contributed by atoms with E-state index < -0.39 is 10.9 Å². The fourth-order valence-electron chi connectivity index (χ4n) is 1.84. The molecule has 0 bridgehead atoms. The number of pyridine rings is 1. The van der Waals surface area contributed by atoms with E-state index in [0.717, 1.165) is 0 Å². The number of ether oxygens (including phenoxy) is 1. The van der Waals surface area contributed by atoms with E-state index in [2.05, 4.69) is 16.8 Å². The van der Waals surface area contributed by atoms with Crippen molar-refractivity contribution in [3.8, 4) is 11.8 Å². The molecule has 0 atom stereocenters. The standard InChI is InChI=1S/C15H12N2O4/c1-2-21-14(18)7-3-5-11-8-9-13(17(19)20)12-6-4-10-16-15(11)12/h4,6,8-10H,2,7H2,1H3. The van der Waals surface area contributed by atoms with Crippen LogP contribution >= 0.6 is 0 Å². The highest BCUT2D eigenvalue weighted by Gasteiger charge is 2.13. The number of carbonyl (C=O) groups excluding carboxylic acids is 1. The van der Waals surface area contributed by atoms with Gasteiger partial charge in [0.2, 0.25) is 0 Å². The summed E-state index contributed by atoms with van der Waals surface area (Å²) in [6, 6.07) is 6.17. The van der Waals surface area contributed by atoms with Crippen LogP contribution in [0.25, 0.3) is 10.9 Å². The second-order valence-electron chi connectivity index (χ2n) is 4.07. The van der Waals surface area contributed by atoms with Crippen molar-refractivity contribution in [2.45, 2.75) is 13.3 Å². The Bertz CT molecular complexity index is 759. The summed E-state index contributed by atoms with van der Waals surface area (Å²) in [5, 5.41) is 11.4. The number of nitro benzene ring substituents is 1. The van der Waals surface area contributed by atoms with Crippen LogP contribution in [0.1, 0.15) is 18.9 Å². The van der Waals surface area contributed by atoms with Crippen molar-refractivity contribution in [3.63, 3.8) is 0 Å². The van der Waals surface area contributed by atoms with Crippen molar-refractivity contribution in [1.82, 2.24) is 4.98 Å². The van der Waals surface area contributed by atoms with E-state index in [0.29, 0.717) is 23.1 Å². The molecule has 6 nitrogen and oxygen atoms in total. The van der Waals surface area contributed by atoms with Gasteiger partial charge in [-0.3, -0.25) is 19.9 Å². The van der Waals surface area contributed by atoms with Gasteiger partial charge in [-0.1, -0.05) is 11.8 Å². The van der Waals surface area contributed by atoms with Crippen molar-refractivity contribution in [3.05, 3.63) is 46.1 Å². The number of hydrogen-bond acceptors (Lipinski definition) is 5. The summed E-state index contributed by atoms with van der Waals surface area (Å²) >= 11 is 0. The van der Waals surface area contributed by atoms with Crippen LogP contribution in [-0.2, 0) is 9.53 Å². The van der Waals surface area contributed by atoms with Crippen LogP contribution in [0, 0.1) is 22.0 Å². The Labute approximate surface area is 120 Å². The zero-order chi connectivity index (χ0) is 15.2. The Balaban J connectivity index is 2.38. The van der Waals surface area contributed by atoms with Crippen LogP contribution < -0.4 is 0 Å². The smallest absolute Gasteiger partial charge is 0.317 e. The van der Waals surface area contributed by atoms with Crippen LogP contribution in [0.2, 0.25) is 0 Å². The molecule has 0 aliphatic rings. The van der Waals surface area contributed by atoms with E-state index in [-0.39, 0.29) is 12.1 Å². The fraction of sp³-hybridized carbons (Fsp3) is 0.200. The molecular weight excluding hydrogens is 272 g/mol. The number of carbonyl (C=O) groups is 1. The molecule has 0 fully saturated rings. The predicted octanol–water partition coefficient (Wildman–Crippen LogP) is 2.45. The number of hydrogen-bond donors (Lipinski definition) is 0. The number of aromatic nitrogens is 1. The van der Waals surface area contributed by atoms with Gasteiger partial charge < -0.3 is 4.74 Å². The maximum atomic E-state index is 11.2. The highest BCUT2D eigenvalue weighted by atomic mass is 16.6. The molecule has 2 aromatic rings. The van der Waals surface area contributed by atoms with E-state index in [4.69, 9.17) is 4.74 Å². The molecule has 106 valence electrons. The third-order valence-corrected chi connectivity index (χ3v) is 2.70. The highest BCUT2D eigenvalue weighted by Crippen LogP contribution is 2.26. The summed E-state index contributed by atoms with van der Waals surface area (Å²) < 4.78 is 4.77. The van der Waals surface area contributed by atoms with Gasteiger partial charge in [-0.2, -0.15) is 0 Å². The number of nitro groups is 1. The van der Waals surface area contributed by atoms with Crippen molar-refractivity contribution in [1.29, 1.82) is 0 Å². The van der Waals surface area contributed by atoms with Gasteiger partial charge >= 0.3 is 5.97 Å². The first kappa shape index (κ1) is 14.5. The SMILES string of the molecule is CCOC(=O)CC#Cc1ccc([N+](=O)[O-])c2cccnc12. The summed E-state index contributed by atoms with van der Waals surface area (Å²) in [4.78, 5) is 25.9. The highest BCUT2D eigenvalue weighted by molar-refractivity contribution is 5.92. The Hall–Kier alpha value is -2.94. The number of non-ortho nitro benzene ring substituents is 1. The maximum Gasteiger partial charge on any atom is 0.317 e. The summed E-state index contributed by atoms with van der Waals surface area (Å²) in [7, 11) is 0. The Morgan fingerprint density at radius 2 is 2.24 bits per heavy atom. The summed E-state index contributed by atoms with van der Waals surface area (Å²) in [5.41, 5.74) is 0.970. The minimum absolute atomic E-state index is 0.0194. The molecule has 0 saturated heterocycles. The summed E-state index contributed by atoms with van der Waals surface area (Å²) in [6.45, 7) is 2.03. The second kappa shape index (κ2) is 6.48. The van der Waals surface area contributed by atoms with Gasteiger partial charge in [-0.25, -0.2) is 0 Å². The maximum absolute atomic E-state index is 11.2. The molecule has 6 heteroatoms. The lowest BCUT2D eigenvalue weighted by Gasteiger charge is -2.01. The molecule has 0 amide bonds. The van der Waals surface area contributed by atoms with Gasteiger partial charge in [-0.15, -0.1) is 0 Å². The van der Waals surface area contributed by atoms with Crippen molar-refractivity contribution < 1.29 is 14.5 Å². The molecule has 0 radical (unpaired) electrons. The predicted molar refractivity (Wildman–Crippen MR) is 76.5 cm³/mol. The average molecular weight is 284 g/mol. The molecule has 1 aromatic heterocycles. The zero-order valence-corrected chi connectivity index (χ0v) is 11.3. The quantitative estimate of drug-likeness (QED) is 0.374. The van der Waals surface area contributed by atoms with E-state index in [9.17, 15) is 14.9 Å². The lowest BCUT2D eigenvalue weighted by Crippen LogP contribution is -2.01. The number of benzene rings is 1. The van der Waals surface area contributed by atoms with Gasteiger partial charge in [0.05, 0.1) is 28.0 Å². The average Bonchev–Trinajstić information content (AvgIpc) is 2.47. The monoisotopic (exact) mass is 284 g/mol. The summed E-state index contributed by atoms with van der Waals surface area (Å²) in [5.74, 6) is 5.10. The molecule has 1 aromatic carbocycles. The molecular formula is C15H12N2O4.